The van der Waals surface area contributed by atoms with Crippen LogP contribution in [0.1, 0.15) is 10.4 Å². The van der Waals surface area contributed by atoms with E-state index in [9.17, 15) is 4.79 Å². The van der Waals surface area contributed by atoms with Gasteiger partial charge in [-0.25, -0.2) is 4.98 Å². The number of halogens is 1. The second-order valence-corrected chi connectivity index (χ2v) is 5.29. The van der Waals surface area contributed by atoms with E-state index < -0.39 is 0 Å². The number of nitrogens with zero attached hydrogens (tertiary/aromatic N) is 2. The van der Waals surface area contributed by atoms with Gasteiger partial charge in [0.05, 0.1) is 11.9 Å². The van der Waals surface area contributed by atoms with Crippen LogP contribution in [0.5, 0.6) is 0 Å². The first-order valence-corrected chi connectivity index (χ1v) is 7.17. The smallest absolute Gasteiger partial charge is 0.257 e. The Kier molecular flexibility index (Phi) is 3.94. The Morgan fingerprint density at radius 3 is 2.45 bits per heavy atom. The predicted molar refractivity (Wildman–Crippen MR) is 88.0 cm³/mol. The highest BCUT2D eigenvalue weighted by molar-refractivity contribution is 6.30. The standard InChI is InChI=1S/C17H14ClN3O/c1-21-15(12-5-3-2-4-6-12)11-19-17(21)20-16(22)13-7-9-14(18)10-8-13/h2-11H,1H3,(H,19,20,22). The molecule has 0 bridgehead atoms. The van der Waals surface area contributed by atoms with Crippen LogP contribution >= 0.6 is 11.6 Å². The van der Waals surface area contributed by atoms with Gasteiger partial charge in [-0.2, -0.15) is 0 Å². The number of anilines is 1. The van der Waals surface area contributed by atoms with E-state index in [4.69, 9.17) is 11.6 Å². The molecule has 0 spiro atoms. The number of benzene rings is 2. The van der Waals surface area contributed by atoms with Crippen molar-refractivity contribution in [1.82, 2.24) is 9.55 Å². The molecule has 4 nitrogen and oxygen atoms in total. The number of rotatable bonds is 3. The van der Waals surface area contributed by atoms with Crippen LogP contribution in [0.25, 0.3) is 11.3 Å². The van der Waals surface area contributed by atoms with Gasteiger partial charge in [0.15, 0.2) is 0 Å². The molecule has 3 rings (SSSR count). The van der Waals surface area contributed by atoms with E-state index >= 15 is 0 Å². The van der Waals surface area contributed by atoms with Crippen molar-refractivity contribution in [3.05, 3.63) is 71.4 Å². The lowest BCUT2D eigenvalue weighted by Crippen LogP contribution is -2.15. The quantitative estimate of drug-likeness (QED) is 0.795. The minimum atomic E-state index is -0.218. The molecular formula is C17H14ClN3O. The van der Waals surface area contributed by atoms with Gasteiger partial charge in [-0.15, -0.1) is 0 Å². The lowest BCUT2D eigenvalue weighted by Gasteiger charge is -2.07. The highest BCUT2D eigenvalue weighted by Crippen LogP contribution is 2.21. The van der Waals surface area contributed by atoms with Crippen molar-refractivity contribution in [3.63, 3.8) is 0 Å². The minimum absolute atomic E-state index is 0.218. The van der Waals surface area contributed by atoms with Gasteiger partial charge >= 0.3 is 0 Å². The molecule has 5 heteroatoms. The molecule has 0 aliphatic carbocycles. The maximum absolute atomic E-state index is 12.2. The number of hydrogen-bond acceptors (Lipinski definition) is 2. The fourth-order valence-electron chi connectivity index (χ4n) is 2.18. The summed E-state index contributed by atoms with van der Waals surface area (Å²) in [5.41, 5.74) is 2.52. The highest BCUT2D eigenvalue weighted by Gasteiger charge is 2.12. The summed E-state index contributed by atoms with van der Waals surface area (Å²) in [7, 11) is 1.87. The zero-order valence-corrected chi connectivity index (χ0v) is 12.7. The third-order valence-electron chi connectivity index (χ3n) is 3.39. The molecule has 0 saturated carbocycles. The third-order valence-corrected chi connectivity index (χ3v) is 3.64. The molecule has 1 N–H and O–H groups in total. The molecule has 0 saturated heterocycles. The van der Waals surface area contributed by atoms with Crippen molar-refractivity contribution in [3.8, 4) is 11.3 Å². The number of hydrogen-bond donors (Lipinski definition) is 1. The summed E-state index contributed by atoms with van der Waals surface area (Å²) in [5, 5.41) is 3.40. The molecule has 1 aromatic heterocycles. The largest absolute Gasteiger partial charge is 0.313 e. The number of carbonyl (C=O) groups is 1. The molecule has 1 amide bonds. The zero-order chi connectivity index (χ0) is 15.5. The third kappa shape index (κ3) is 2.87. The van der Waals surface area contributed by atoms with Crippen LogP contribution in [0.3, 0.4) is 0 Å². The van der Waals surface area contributed by atoms with Crippen molar-refractivity contribution in [2.24, 2.45) is 7.05 Å². The Morgan fingerprint density at radius 2 is 1.77 bits per heavy atom. The summed E-state index contributed by atoms with van der Waals surface area (Å²) in [6.45, 7) is 0. The minimum Gasteiger partial charge on any atom is -0.313 e. The molecule has 0 radical (unpaired) electrons. The number of nitrogens with one attached hydrogen (secondary N) is 1. The van der Waals surface area contributed by atoms with Crippen molar-refractivity contribution in [2.45, 2.75) is 0 Å². The van der Waals surface area contributed by atoms with Gasteiger partial charge in [0.2, 0.25) is 5.95 Å². The number of aromatic nitrogens is 2. The number of imidazole rings is 1. The summed E-state index contributed by atoms with van der Waals surface area (Å²) in [6, 6.07) is 16.6. The molecule has 0 atom stereocenters. The summed E-state index contributed by atoms with van der Waals surface area (Å²) < 4.78 is 1.85. The molecule has 0 unspecified atom stereocenters. The van der Waals surface area contributed by atoms with Crippen molar-refractivity contribution >= 4 is 23.5 Å². The van der Waals surface area contributed by atoms with Crippen LogP contribution < -0.4 is 5.32 Å². The van der Waals surface area contributed by atoms with E-state index in [-0.39, 0.29) is 5.91 Å². The maximum atomic E-state index is 12.2. The first kappa shape index (κ1) is 14.4. The highest BCUT2D eigenvalue weighted by atomic mass is 35.5. The lowest BCUT2D eigenvalue weighted by molar-refractivity contribution is 0.102. The van der Waals surface area contributed by atoms with Crippen LogP contribution in [0.15, 0.2) is 60.8 Å². The SMILES string of the molecule is Cn1c(-c2ccccc2)cnc1NC(=O)c1ccc(Cl)cc1. The molecule has 2 aromatic carbocycles. The van der Waals surface area contributed by atoms with Gasteiger partial charge in [0.1, 0.15) is 0 Å². The Bertz CT molecular complexity index is 795. The van der Waals surface area contributed by atoms with Gasteiger partial charge < -0.3 is 4.57 Å². The van der Waals surface area contributed by atoms with Crippen molar-refractivity contribution in [2.75, 3.05) is 5.32 Å². The number of amides is 1. The average Bonchev–Trinajstić information content (AvgIpc) is 2.90. The van der Waals surface area contributed by atoms with Crippen LogP contribution in [0.4, 0.5) is 5.95 Å². The molecule has 22 heavy (non-hydrogen) atoms. The van der Waals surface area contributed by atoms with E-state index in [1.54, 1.807) is 30.5 Å². The lowest BCUT2D eigenvalue weighted by atomic mass is 10.2. The fraction of sp³-hybridized carbons (Fsp3) is 0.0588. The second kappa shape index (κ2) is 6.03. The molecular weight excluding hydrogens is 298 g/mol. The molecule has 1 heterocycles. The van der Waals surface area contributed by atoms with E-state index in [0.717, 1.165) is 11.3 Å². The van der Waals surface area contributed by atoms with E-state index in [1.807, 2.05) is 41.9 Å². The van der Waals surface area contributed by atoms with Crippen LogP contribution in [0, 0.1) is 0 Å². The molecule has 0 aliphatic heterocycles. The topological polar surface area (TPSA) is 46.9 Å². The van der Waals surface area contributed by atoms with Crippen LogP contribution in [0.2, 0.25) is 5.02 Å². The van der Waals surface area contributed by atoms with Gasteiger partial charge in [-0.05, 0) is 29.8 Å². The molecule has 0 fully saturated rings. The van der Waals surface area contributed by atoms with Gasteiger partial charge in [0.25, 0.3) is 5.91 Å². The summed E-state index contributed by atoms with van der Waals surface area (Å²) in [6.07, 6.45) is 1.74. The van der Waals surface area contributed by atoms with E-state index in [1.165, 1.54) is 0 Å². The Labute approximate surface area is 133 Å². The van der Waals surface area contributed by atoms with E-state index in [0.29, 0.717) is 16.5 Å². The van der Waals surface area contributed by atoms with Crippen LogP contribution in [-0.2, 0) is 7.05 Å². The maximum Gasteiger partial charge on any atom is 0.257 e. The monoisotopic (exact) mass is 311 g/mol. The van der Waals surface area contributed by atoms with Gasteiger partial charge in [-0.3, -0.25) is 10.1 Å². The first-order valence-electron chi connectivity index (χ1n) is 6.79. The predicted octanol–water partition coefficient (Wildman–Crippen LogP) is 3.99. The fourth-order valence-corrected chi connectivity index (χ4v) is 2.30. The second-order valence-electron chi connectivity index (χ2n) is 4.85. The van der Waals surface area contributed by atoms with Crippen molar-refractivity contribution < 1.29 is 4.79 Å². The summed E-state index contributed by atoms with van der Waals surface area (Å²) in [4.78, 5) is 16.5. The molecule has 3 aromatic rings. The van der Waals surface area contributed by atoms with Crippen LogP contribution in [-0.4, -0.2) is 15.5 Å². The Hall–Kier alpha value is -2.59. The van der Waals surface area contributed by atoms with Gasteiger partial charge in [-0.1, -0.05) is 41.9 Å². The molecule has 0 aliphatic rings. The van der Waals surface area contributed by atoms with E-state index in [2.05, 4.69) is 10.3 Å². The van der Waals surface area contributed by atoms with Gasteiger partial charge in [0, 0.05) is 17.6 Å². The average molecular weight is 312 g/mol. The first-order chi connectivity index (χ1) is 10.6. The number of carbonyl (C=O) groups excluding carboxylic acids is 1. The normalized spacial score (nSPS) is 10.5. The summed E-state index contributed by atoms with van der Waals surface area (Å²) >= 11 is 5.82. The summed E-state index contributed by atoms with van der Waals surface area (Å²) in [5.74, 6) is 0.281. The Balaban J connectivity index is 1.83. The Morgan fingerprint density at radius 1 is 1.09 bits per heavy atom. The van der Waals surface area contributed by atoms with Crippen molar-refractivity contribution in [1.29, 1.82) is 0 Å². The molecule has 110 valence electrons. The zero-order valence-electron chi connectivity index (χ0n) is 12.0.